The molecular weight excluding hydrogens is 455 g/mol. The van der Waals surface area contributed by atoms with E-state index in [1.54, 1.807) is 12.4 Å². The van der Waals surface area contributed by atoms with Crippen LogP contribution in [-0.2, 0) is 0 Å². The third-order valence-corrected chi connectivity index (χ3v) is 5.34. The Morgan fingerprint density at radius 2 is 1.70 bits per heavy atom. The molecule has 0 aromatic carbocycles. The minimum absolute atomic E-state index is 0. The van der Waals surface area contributed by atoms with E-state index < -0.39 is 0 Å². The van der Waals surface area contributed by atoms with Crippen molar-refractivity contribution in [3.63, 3.8) is 0 Å². The molecule has 2 aliphatic heterocycles. The number of nitrogens with one attached hydrogen (secondary N) is 1. The van der Waals surface area contributed by atoms with Crippen LogP contribution < -0.4 is 10.2 Å². The van der Waals surface area contributed by atoms with Gasteiger partial charge in [0.05, 0.1) is 0 Å². The highest BCUT2D eigenvalue weighted by Crippen LogP contribution is 2.10. The van der Waals surface area contributed by atoms with Gasteiger partial charge in [-0.1, -0.05) is 0 Å². The number of likely N-dealkylation sites (N-methyl/N-ethyl adjacent to an activating group) is 1. The normalized spacial score (nSPS) is 20.9. The second-order valence-corrected chi connectivity index (χ2v) is 7.14. The van der Waals surface area contributed by atoms with E-state index in [2.05, 4.69) is 53.8 Å². The number of halogens is 1. The van der Waals surface area contributed by atoms with Crippen LogP contribution in [0.2, 0.25) is 0 Å². The molecule has 0 saturated carbocycles. The average Bonchev–Trinajstić information content (AvgIpc) is 2.70. The molecular formula is C18H33IN8. The molecule has 0 bridgehead atoms. The summed E-state index contributed by atoms with van der Waals surface area (Å²) in [7, 11) is 4.07. The molecule has 3 heterocycles. The fourth-order valence-electron chi connectivity index (χ4n) is 3.54. The molecule has 0 amide bonds. The zero-order chi connectivity index (χ0) is 18.4. The maximum Gasteiger partial charge on any atom is 0.225 e. The molecule has 0 spiro atoms. The van der Waals surface area contributed by atoms with Crippen molar-refractivity contribution < 1.29 is 0 Å². The lowest BCUT2D eigenvalue weighted by Crippen LogP contribution is -2.55. The fraction of sp³-hybridized carbons (Fsp3) is 0.722. The summed E-state index contributed by atoms with van der Waals surface area (Å²) in [6.07, 6.45) is 3.60. The largest absolute Gasteiger partial charge is 0.355 e. The highest BCUT2D eigenvalue weighted by atomic mass is 127. The second-order valence-electron chi connectivity index (χ2n) is 7.14. The molecule has 27 heavy (non-hydrogen) atoms. The van der Waals surface area contributed by atoms with Gasteiger partial charge in [-0.3, -0.25) is 9.89 Å². The van der Waals surface area contributed by atoms with E-state index in [0.717, 1.165) is 70.8 Å². The Balaban J connectivity index is 0.00000261. The summed E-state index contributed by atoms with van der Waals surface area (Å²) in [6, 6.07) is 2.37. The number of hydrogen-bond donors (Lipinski definition) is 1. The van der Waals surface area contributed by atoms with Gasteiger partial charge >= 0.3 is 0 Å². The molecule has 1 unspecified atom stereocenters. The number of aliphatic imine (C=N–C) groups is 1. The van der Waals surface area contributed by atoms with Crippen LogP contribution in [0.25, 0.3) is 0 Å². The summed E-state index contributed by atoms with van der Waals surface area (Å²) in [5.41, 5.74) is 0. The third-order valence-electron chi connectivity index (χ3n) is 5.34. The SMILES string of the molecule is CN=C(NCC(C)N1CCN(C)CC1)N1CCN(c2ncccn2)CC1.I. The average molecular weight is 488 g/mol. The Morgan fingerprint density at radius 1 is 1.07 bits per heavy atom. The minimum atomic E-state index is 0. The predicted octanol–water partition coefficient (Wildman–Crippen LogP) is 0.428. The van der Waals surface area contributed by atoms with E-state index in [-0.39, 0.29) is 24.0 Å². The zero-order valence-corrected chi connectivity index (χ0v) is 19.0. The van der Waals surface area contributed by atoms with Gasteiger partial charge in [0.15, 0.2) is 5.96 Å². The Hall–Kier alpha value is -1.20. The van der Waals surface area contributed by atoms with Gasteiger partial charge in [0.25, 0.3) is 0 Å². The van der Waals surface area contributed by atoms with Crippen molar-refractivity contribution in [2.75, 3.05) is 77.9 Å². The van der Waals surface area contributed by atoms with E-state index in [1.165, 1.54) is 0 Å². The molecule has 0 aliphatic carbocycles. The minimum Gasteiger partial charge on any atom is -0.355 e. The summed E-state index contributed by atoms with van der Waals surface area (Å²) in [5, 5.41) is 3.57. The number of hydrogen-bond acceptors (Lipinski definition) is 6. The predicted molar refractivity (Wildman–Crippen MR) is 121 cm³/mol. The summed E-state index contributed by atoms with van der Waals surface area (Å²) < 4.78 is 0. The smallest absolute Gasteiger partial charge is 0.225 e. The number of guanidine groups is 1. The number of aromatic nitrogens is 2. The second kappa shape index (κ2) is 11.0. The maximum atomic E-state index is 4.49. The number of nitrogens with zero attached hydrogens (tertiary/aromatic N) is 7. The van der Waals surface area contributed by atoms with E-state index in [0.29, 0.717) is 6.04 Å². The van der Waals surface area contributed by atoms with E-state index in [4.69, 9.17) is 0 Å². The molecule has 1 aromatic rings. The van der Waals surface area contributed by atoms with Crippen LogP contribution in [0.15, 0.2) is 23.5 Å². The molecule has 3 rings (SSSR count). The van der Waals surface area contributed by atoms with Gasteiger partial charge in [0.1, 0.15) is 0 Å². The van der Waals surface area contributed by atoms with Crippen molar-refractivity contribution in [1.29, 1.82) is 0 Å². The summed E-state index contributed by atoms with van der Waals surface area (Å²) in [4.78, 5) is 22.7. The standard InChI is InChI=1S/C18H32N8.HI/c1-16(24-9-7-23(3)8-10-24)15-22-17(19-2)25-11-13-26(14-12-25)18-20-5-4-6-21-18;/h4-6,16H,7-15H2,1-3H3,(H,19,22);1H. The van der Waals surface area contributed by atoms with Crippen LogP contribution in [0.5, 0.6) is 0 Å². The third kappa shape index (κ3) is 6.15. The molecule has 1 atom stereocenters. The first-order valence-electron chi connectivity index (χ1n) is 9.57. The molecule has 2 aliphatic rings. The van der Waals surface area contributed by atoms with Gasteiger partial charge in [0.2, 0.25) is 5.95 Å². The molecule has 152 valence electrons. The lowest BCUT2D eigenvalue weighted by molar-refractivity contribution is 0.119. The topological polar surface area (TPSA) is 63.1 Å². The van der Waals surface area contributed by atoms with Gasteiger partial charge in [-0.15, -0.1) is 24.0 Å². The Labute approximate surface area is 180 Å². The first kappa shape index (κ1) is 22.1. The first-order chi connectivity index (χ1) is 12.7. The van der Waals surface area contributed by atoms with Gasteiger partial charge in [-0.2, -0.15) is 0 Å². The van der Waals surface area contributed by atoms with Crippen LogP contribution in [0.1, 0.15) is 6.92 Å². The van der Waals surface area contributed by atoms with Crippen LogP contribution in [0, 0.1) is 0 Å². The van der Waals surface area contributed by atoms with Gasteiger partial charge in [-0.05, 0) is 20.0 Å². The maximum absolute atomic E-state index is 4.49. The molecule has 2 fully saturated rings. The van der Waals surface area contributed by atoms with Crippen molar-refractivity contribution >= 4 is 35.9 Å². The number of piperazine rings is 2. The van der Waals surface area contributed by atoms with Crippen LogP contribution in [-0.4, -0.2) is 110 Å². The van der Waals surface area contributed by atoms with Crippen molar-refractivity contribution in [2.45, 2.75) is 13.0 Å². The van der Waals surface area contributed by atoms with Crippen LogP contribution in [0.3, 0.4) is 0 Å². The lowest BCUT2D eigenvalue weighted by atomic mass is 10.2. The Kier molecular flexibility index (Phi) is 8.97. The number of anilines is 1. The van der Waals surface area contributed by atoms with Gasteiger partial charge in [-0.25, -0.2) is 9.97 Å². The zero-order valence-electron chi connectivity index (χ0n) is 16.7. The van der Waals surface area contributed by atoms with Gasteiger partial charge < -0.3 is 20.0 Å². The van der Waals surface area contributed by atoms with E-state index in [1.807, 2.05) is 13.1 Å². The molecule has 9 heteroatoms. The summed E-state index contributed by atoms with van der Waals surface area (Å²) in [6.45, 7) is 11.5. The molecule has 0 radical (unpaired) electrons. The number of rotatable bonds is 4. The summed E-state index contributed by atoms with van der Waals surface area (Å²) in [5.74, 6) is 1.82. The van der Waals surface area contributed by atoms with Crippen molar-refractivity contribution in [3.05, 3.63) is 18.5 Å². The lowest BCUT2D eigenvalue weighted by Gasteiger charge is -2.38. The molecule has 1 N–H and O–H groups in total. The Bertz CT molecular complexity index is 568. The quantitative estimate of drug-likeness (QED) is 0.375. The monoisotopic (exact) mass is 488 g/mol. The molecule has 1 aromatic heterocycles. The molecule has 2 saturated heterocycles. The Morgan fingerprint density at radius 3 is 2.30 bits per heavy atom. The van der Waals surface area contributed by atoms with Crippen molar-refractivity contribution in [3.8, 4) is 0 Å². The van der Waals surface area contributed by atoms with E-state index in [9.17, 15) is 0 Å². The van der Waals surface area contributed by atoms with Crippen LogP contribution >= 0.6 is 24.0 Å². The highest BCUT2D eigenvalue weighted by molar-refractivity contribution is 14.0. The highest BCUT2D eigenvalue weighted by Gasteiger charge is 2.23. The van der Waals surface area contributed by atoms with E-state index >= 15 is 0 Å². The van der Waals surface area contributed by atoms with Crippen molar-refractivity contribution in [1.82, 2.24) is 30.0 Å². The summed E-state index contributed by atoms with van der Waals surface area (Å²) >= 11 is 0. The fourth-order valence-corrected chi connectivity index (χ4v) is 3.54. The van der Waals surface area contributed by atoms with Crippen molar-refractivity contribution in [2.24, 2.45) is 4.99 Å². The molecule has 8 nitrogen and oxygen atoms in total. The first-order valence-corrected chi connectivity index (χ1v) is 9.57. The van der Waals surface area contributed by atoms with Crippen LogP contribution in [0.4, 0.5) is 5.95 Å². The van der Waals surface area contributed by atoms with Gasteiger partial charge in [0, 0.05) is 84.4 Å².